The first-order chi connectivity index (χ1) is 8.88. The topological polar surface area (TPSA) is 95.5 Å². The lowest BCUT2D eigenvalue weighted by molar-refractivity contribution is -0.137. The van der Waals surface area contributed by atoms with Crippen LogP contribution in [0.2, 0.25) is 10.0 Å². The highest BCUT2D eigenvalue weighted by atomic mass is 35.5. The molecule has 102 valence electrons. The van der Waals surface area contributed by atoms with Crippen LogP contribution in [0.25, 0.3) is 0 Å². The first kappa shape index (κ1) is 15.3. The second-order valence-corrected chi connectivity index (χ2v) is 4.38. The number of halogens is 2. The van der Waals surface area contributed by atoms with Gasteiger partial charge in [-0.15, -0.1) is 0 Å². The van der Waals surface area contributed by atoms with Gasteiger partial charge in [0.1, 0.15) is 6.54 Å². The van der Waals surface area contributed by atoms with E-state index < -0.39 is 24.3 Å². The molecule has 0 fully saturated rings. The normalized spacial score (nSPS) is 9.79. The number of hydrogen-bond donors (Lipinski definition) is 3. The summed E-state index contributed by atoms with van der Waals surface area (Å²) in [4.78, 5) is 33.0. The fourth-order valence-electron chi connectivity index (χ4n) is 1.18. The van der Waals surface area contributed by atoms with E-state index in [9.17, 15) is 14.4 Å². The van der Waals surface area contributed by atoms with E-state index in [1.54, 1.807) is 0 Å². The summed E-state index contributed by atoms with van der Waals surface area (Å²) in [7, 11) is 0. The molecule has 0 aliphatic heterocycles. The van der Waals surface area contributed by atoms with Crippen LogP contribution in [0, 0.1) is 0 Å². The molecule has 0 saturated carbocycles. The first-order valence-corrected chi connectivity index (χ1v) is 5.87. The zero-order valence-electron chi connectivity index (χ0n) is 9.57. The molecular weight excluding hydrogens is 295 g/mol. The molecule has 2 amide bonds. The van der Waals surface area contributed by atoms with Crippen molar-refractivity contribution in [1.82, 2.24) is 10.6 Å². The molecule has 0 aliphatic carbocycles. The van der Waals surface area contributed by atoms with Crippen molar-refractivity contribution in [2.24, 2.45) is 0 Å². The number of amides is 2. The number of nitrogens with one attached hydrogen (secondary N) is 2. The van der Waals surface area contributed by atoms with Gasteiger partial charge in [-0.2, -0.15) is 0 Å². The molecule has 0 bridgehead atoms. The summed E-state index contributed by atoms with van der Waals surface area (Å²) in [5.74, 6) is -2.31. The lowest BCUT2D eigenvalue weighted by atomic mass is 10.2. The zero-order valence-corrected chi connectivity index (χ0v) is 11.1. The number of carboxylic acids is 1. The average molecular weight is 305 g/mol. The molecule has 0 saturated heterocycles. The van der Waals surface area contributed by atoms with E-state index in [0.717, 1.165) is 0 Å². The molecule has 1 aromatic carbocycles. The first-order valence-electron chi connectivity index (χ1n) is 5.11. The monoisotopic (exact) mass is 304 g/mol. The lowest BCUT2D eigenvalue weighted by Gasteiger charge is -2.06. The van der Waals surface area contributed by atoms with Gasteiger partial charge in [0.25, 0.3) is 5.91 Å². The summed E-state index contributed by atoms with van der Waals surface area (Å²) in [5.41, 5.74) is 0.212. The Morgan fingerprint density at radius 3 is 2.11 bits per heavy atom. The highest BCUT2D eigenvalue weighted by molar-refractivity contribution is 6.35. The maximum absolute atomic E-state index is 11.7. The van der Waals surface area contributed by atoms with Crippen molar-refractivity contribution in [2.45, 2.75) is 0 Å². The van der Waals surface area contributed by atoms with Gasteiger partial charge in [-0.1, -0.05) is 23.2 Å². The Hall–Kier alpha value is -1.79. The van der Waals surface area contributed by atoms with Gasteiger partial charge in [0, 0.05) is 15.6 Å². The van der Waals surface area contributed by atoms with Gasteiger partial charge in [-0.05, 0) is 18.2 Å². The van der Waals surface area contributed by atoms with Gasteiger partial charge >= 0.3 is 5.97 Å². The third-order valence-corrected chi connectivity index (χ3v) is 2.41. The van der Waals surface area contributed by atoms with E-state index in [2.05, 4.69) is 10.6 Å². The fraction of sp³-hybridized carbons (Fsp3) is 0.182. The zero-order chi connectivity index (χ0) is 14.4. The lowest BCUT2D eigenvalue weighted by Crippen LogP contribution is -2.39. The van der Waals surface area contributed by atoms with Crippen molar-refractivity contribution in [1.29, 1.82) is 0 Å². The number of rotatable bonds is 5. The summed E-state index contributed by atoms with van der Waals surface area (Å²) in [6.07, 6.45) is 0. The van der Waals surface area contributed by atoms with Gasteiger partial charge < -0.3 is 15.7 Å². The molecule has 0 spiro atoms. The molecule has 6 nitrogen and oxygen atoms in total. The van der Waals surface area contributed by atoms with Crippen LogP contribution in [-0.4, -0.2) is 36.0 Å². The van der Waals surface area contributed by atoms with Crippen LogP contribution >= 0.6 is 23.2 Å². The maximum Gasteiger partial charge on any atom is 0.322 e. The van der Waals surface area contributed by atoms with E-state index in [4.69, 9.17) is 28.3 Å². The summed E-state index contributed by atoms with van der Waals surface area (Å²) in [6, 6.07) is 4.27. The minimum absolute atomic E-state index is 0.212. The van der Waals surface area contributed by atoms with Crippen LogP contribution in [0.15, 0.2) is 18.2 Å². The Labute approximate surface area is 118 Å². The largest absolute Gasteiger partial charge is 0.480 e. The van der Waals surface area contributed by atoms with Crippen LogP contribution < -0.4 is 10.6 Å². The molecule has 8 heteroatoms. The molecular formula is C11H10Cl2N2O4. The number of benzene rings is 1. The van der Waals surface area contributed by atoms with Gasteiger partial charge in [0.2, 0.25) is 5.91 Å². The molecule has 1 rings (SSSR count). The third kappa shape index (κ3) is 5.58. The summed E-state index contributed by atoms with van der Waals surface area (Å²) in [5, 5.41) is 13.4. The van der Waals surface area contributed by atoms with Crippen LogP contribution in [0.3, 0.4) is 0 Å². The average Bonchev–Trinajstić information content (AvgIpc) is 2.32. The Kier molecular flexibility index (Phi) is 5.59. The highest BCUT2D eigenvalue weighted by Gasteiger charge is 2.10. The molecule has 0 heterocycles. The van der Waals surface area contributed by atoms with Crippen molar-refractivity contribution in [3.05, 3.63) is 33.8 Å². The Morgan fingerprint density at radius 2 is 1.58 bits per heavy atom. The quantitative estimate of drug-likeness (QED) is 0.754. The van der Waals surface area contributed by atoms with E-state index in [-0.39, 0.29) is 12.1 Å². The van der Waals surface area contributed by atoms with Crippen LogP contribution in [0.1, 0.15) is 10.4 Å². The molecule has 19 heavy (non-hydrogen) atoms. The van der Waals surface area contributed by atoms with E-state index in [1.807, 2.05) is 0 Å². The number of carbonyl (C=O) groups is 3. The third-order valence-electron chi connectivity index (χ3n) is 1.97. The van der Waals surface area contributed by atoms with E-state index in [1.165, 1.54) is 18.2 Å². The molecule has 0 atom stereocenters. The molecule has 0 radical (unpaired) electrons. The van der Waals surface area contributed by atoms with Gasteiger partial charge in [0.15, 0.2) is 0 Å². The standard InChI is InChI=1S/C11H10Cl2N2O4/c12-7-1-6(2-8(13)3-7)11(19)15-4-9(16)14-5-10(17)18/h1-3H,4-5H2,(H,14,16)(H,15,19)(H,17,18). The molecule has 0 aliphatic rings. The summed E-state index contributed by atoms with van der Waals surface area (Å²) in [6.45, 7) is -0.839. The number of carboxylic acid groups (broad SMARTS) is 1. The maximum atomic E-state index is 11.7. The number of aliphatic carboxylic acids is 1. The van der Waals surface area contributed by atoms with E-state index >= 15 is 0 Å². The Balaban J connectivity index is 2.51. The minimum Gasteiger partial charge on any atom is -0.480 e. The van der Waals surface area contributed by atoms with Crippen LogP contribution in [0.5, 0.6) is 0 Å². The van der Waals surface area contributed by atoms with Crippen LogP contribution in [0.4, 0.5) is 0 Å². The number of carbonyl (C=O) groups excluding carboxylic acids is 2. The molecule has 3 N–H and O–H groups in total. The fourth-order valence-corrected chi connectivity index (χ4v) is 1.71. The van der Waals surface area contributed by atoms with Gasteiger partial charge in [-0.3, -0.25) is 14.4 Å². The highest BCUT2D eigenvalue weighted by Crippen LogP contribution is 2.18. The van der Waals surface area contributed by atoms with Crippen molar-refractivity contribution >= 4 is 41.0 Å². The smallest absolute Gasteiger partial charge is 0.322 e. The Bertz CT molecular complexity index is 499. The molecule has 0 aromatic heterocycles. The van der Waals surface area contributed by atoms with Gasteiger partial charge in [0.05, 0.1) is 6.54 Å². The molecule has 1 aromatic rings. The number of hydrogen-bond acceptors (Lipinski definition) is 3. The van der Waals surface area contributed by atoms with Crippen molar-refractivity contribution < 1.29 is 19.5 Å². The Morgan fingerprint density at radius 1 is 1.00 bits per heavy atom. The molecule has 0 unspecified atom stereocenters. The summed E-state index contributed by atoms with van der Waals surface area (Å²) < 4.78 is 0. The van der Waals surface area contributed by atoms with Gasteiger partial charge in [-0.25, -0.2) is 0 Å². The SMILES string of the molecule is O=C(O)CNC(=O)CNC(=O)c1cc(Cl)cc(Cl)c1. The van der Waals surface area contributed by atoms with Crippen molar-refractivity contribution in [2.75, 3.05) is 13.1 Å². The summed E-state index contributed by atoms with van der Waals surface area (Å²) >= 11 is 11.5. The van der Waals surface area contributed by atoms with Crippen molar-refractivity contribution in [3.63, 3.8) is 0 Å². The predicted octanol–water partition coefficient (Wildman–Crippen LogP) is 0.924. The predicted molar refractivity (Wildman–Crippen MR) is 69.4 cm³/mol. The van der Waals surface area contributed by atoms with Crippen molar-refractivity contribution in [3.8, 4) is 0 Å². The van der Waals surface area contributed by atoms with Crippen LogP contribution in [-0.2, 0) is 9.59 Å². The van der Waals surface area contributed by atoms with E-state index in [0.29, 0.717) is 10.0 Å². The second-order valence-electron chi connectivity index (χ2n) is 3.51. The second kappa shape index (κ2) is 6.96. The minimum atomic E-state index is -1.17.